The maximum Gasteiger partial charge on any atom is 0.331 e. The normalized spacial score (nSPS) is 12.1. The molecule has 19 heavy (non-hydrogen) atoms. The second-order valence-electron chi connectivity index (χ2n) is 3.89. The van der Waals surface area contributed by atoms with Crippen molar-refractivity contribution in [3.05, 3.63) is 38.5 Å². The number of aliphatic carboxylic acids is 1. The van der Waals surface area contributed by atoms with Crippen molar-refractivity contribution in [2.24, 2.45) is 0 Å². The monoisotopic (exact) mass is 296 g/mol. The third kappa shape index (κ3) is 3.62. The zero-order valence-electron chi connectivity index (χ0n) is 10.1. The molecule has 1 unspecified atom stereocenters. The van der Waals surface area contributed by atoms with Gasteiger partial charge in [0.1, 0.15) is 0 Å². The van der Waals surface area contributed by atoms with Crippen LogP contribution in [0.5, 0.6) is 0 Å². The van der Waals surface area contributed by atoms with Crippen LogP contribution in [0.1, 0.15) is 21.6 Å². The second-order valence-corrected chi connectivity index (χ2v) is 5.93. The first-order valence-electron chi connectivity index (χ1n) is 5.53. The van der Waals surface area contributed by atoms with Gasteiger partial charge >= 0.3 is 5.97 Å². The molecule has 1 amide bonds. The summed E-state index contributed by atoms with van der Waals surface area (Å²) in [5.41, 5.74) is 0.662. The zero-order valence-corrected chi connectivity index (χ0v) is 11.8. The van der Waals surface area contributed by atoms with Crippen LogP contribution in [-0.4, -0.2) is 22.0 Å². The number of thiazole rings is 1. The van der Waals surface area contributed by atoms with Crippen LogP contribution in [0.2, 0.25) is 0 Å². The van der Waals surface area contributed by atoms with Gasteiger partial charge < -0.3 is 10.4 Å². The highest BCUT2D eigenvalue weighted by molar-refractivity contribution is 7.10. The smallest absolute Gasteiger partial charge is 0.331 e. The number of carboxylic acids is 1. The molecule has 0 spiro atoms. The van der Waals surface area contributed by atoms with Crippen molar-refractivity contribution < 1.29 is 14.7 Å². The minimum atomic E-state index is -1.06. The van der Waals surface area contributed by atoms with Crippen LogP contribution >= 0.6 is 22.7 Å². The van der Waals surface area contributed by atoms with Crippen molar-refractivity contribution in [1.29, 1.82) is 0 Å². The highest BCUT2D eigenvalue weighted by Crippen LogP contribution is 2.19. The molecule has 0 aromatic carbocycles. The summed E-state index contributed by atoms with van der Waals surface area (Å²) in [7, 11) is 0. The molecule has 1 atom stereocenters. The summed E-state index contributed by atoms with van der Waals surface area (Å²) in [5.74, 6) is -1.41. The number of rotatable bonds is 5. The molecule has 0 bridgehead atoms. The Hall–Kier alpha value is -1.73. The number of carboxylic acid groups (broad SMARTS) is 1. The molecule has 0 aliphatic rings. The van der Waals surface area contributed by atoms with Gasteiger partial charge in [-0.3, -0.25) is 4.79 Å². The summed E-state index contributed by atoms with van der Waals surface area (Å²) in [6.07, 6.45) is 0.0967. The van der Waals surface area contributed by atoms with E-state index in [0.29, 0.717) is 10.6 Å². The van der Waals surface area contributed by atoms with E-state index in [2.05, 4.69) is 10.3 Å². The van der Waals surface area contributed by atoms with E-state index in [1.165, 1.54) is 22.7 Å². The number of nitrogens with zero attached hydrogens (tertiary/aromatic N) is 1. The van der Waals surface area contributed by atoms with Gasteiger partial charge in [-0.25, -0.2) is 9.78 Å². The fourth-order valence-corrected chi connectivity index (χ4v) is 2.96. The first kappa shape index (κ1) is 13.7. The first-order chi connectivity index (χ1) is 9.06. The van der Waals surface area contributed by atoms with Gasteiger partial charge in [0.2, 0.25) is 5.91 Å². The lowest BCUT2D eigenvalue weighted by Gasteiger charge is -2.12. The molecule has 2 aromatic rings. The SMILES string of the molecule is Cc1nc(CC(=O)NC(C(=O)O)c2cccs2)cs1. The van der Waals surface area contributed by atoms with Crippen molar-refractivity contribution in [1.82, 2.24) is 10.3 Å². The average molecular weight is 296 g/mol. The Kier molecular flexibility index (Phi) is 4.28. The van der Waals surface area contributed by atoms with E-state index in [1.807, 2.05) is 6.92 Å². The van der Waals surface area contributed by atoms with Crippen molar-refractivity contribution in [3.8, 4) is 0 Å². The molecule has 0 saturated carbocycles. The lowest BCUT2D eigenvalue weighted by Crippen LogP contribution is -2.34. The number of amides is 1. The van der Waals surface area contributed by atoms with E-state index < -0.39 is 12.0 Å². The summed E-state index contributed by atoms with van der Waals surface area (Å²) in [4.78, 5) is 27.8. The Morgan fingerprint density at radius 2 is 2.26 bits per heavy atom. The Bertz CT molecular complexity index is 578. The molecule has 100 valence electrons. The number of nitrogens with one attached hydrogen (secondary N) is 1. The van der Waals surface area contributed by atoms with Crippen molar-refractivity contribution in [2.75, 3.05) is 0 Å². The van der Waals surface area contributed by atoms with Crippen LogP contribution < -0.4 is 5.32 Å². The molecule has 2 aromatic heterocycles. The van der Waals surface area contributed by atoms with Gasteiger partial charge in [-0.1, -0.05) is 6.07 Å². The van der Waals surface area contributed by atoms with Crippen LogP contribution in [0.4, 0.5) is 0 Å². The topological polar surface area (TPSA) is 79.3 Å². The highest BCUT2D eigenvalue weighted by Gasteiger charge is 2.23. The Morgan fingerprint density at radius 3 is 2.79 bits per heavy atom. The van der Waals surface area contributed by atoms with Crippen LogP contribution in [0.15, 0.2) is 22.9 Å². The fraction of sp³-hybridized carbons (Fsp3) is 0.250. The number of hydrogen-bond acceptors (Lipinski definition) is 5. The van der Waals surface area contributed by atoms with Gasteiger partial charge in [0.15, 0.2) is 6.04 Å². The lowest BCUT2D eigenvalue weighted by atomic mass is 10.2. The van der Waals surface area contributed by atoms with Crippen molar-refractivity contribution >= 4 is 34.6 Å². The molecule has 7 heteroatoms. The Labute approximate surface area is 117 Å². The summed E-state index contributed by atoms with van der Waals surface area (Å²) in [6.45, 7) is 1.86. The molecule has 2 heterocycles. The molecule has 2 N–H and O–H groups in total. The first-order valence-corrected chi connectivity index (χ1v) is 7.29. The third-order valence-corrected chi connectivity index (χ3v) is 4.15. The largest absolute Gasteiger partial charge is 0.479 e. The number of aromatic nitrogens is 1. The Morgan fingerprint density at radius 1 is 1.47 bits per heavy atom. The van der Waals surface area contributed by atoms with E-state index in [9.17, 15) is 9.59 Å². The molecule has 2 rings (SSSR count). The van der Waals surface area contributed by atoms with E-state index in [0.717, 1.165) is 5.01 Å². The van der Waals surface area contributed by atoms with Crippen LogP contribution in [0.25, 0.3) is 0 Å². The Balaban J connectivity index is 2.02. The number of hydrogen-bond donors (Lipinski definition) is 2. The van der Waals surface area contributed by atoms with Gasteiger partial charge in [-0.05, 0) is 18.4 Å². The minimum absolute atomic E-state index is 0.0967. The standard InChI is InChI=1S/C12H12N2O3S2/c1-7-13-8(6-19-7)5-10(15)14-11(12(16)17)9-3-2-4-18-9/h2-4,6,11H,5H2,1H3,(H,14,15)(H,16,17). The van der Waals surface area contributed by atoms with E-state index in [-0.39, 0.29) is 12.3 Å². The van der Waals surface area contributed by atoms with Gasteiger partial charge in [-0.2, -0.15) is 0 Å². The lowest BCUT2D eigenvalue weighted by molar-refractivity contribution is -0.141. The van der Waals surface area contributed by atoms with Crippen LogP contribution in [-0.2, 0) is 16.0 Å². The maximum atomic E-state index is 11.8. The van der Waals surface area contributed by atoms with Crippen LogP contribution in [0.3, 0.4) is 0 Å². The third-order valence-electron chi connectivity index (χ3n) is 2.39. The van der Waals surface area contributed by atoms with Crippen molar-refractivity contribution in [3.63, 3.8) is 0 Å². The average Bonchev–Trinajstić information content (AvgIpc) is 2.97. The number of aryl methyl sites for hydroxylation is 1. The molecule has 0 aliphatic heterocycles. The fourth-order valence-electron chi connectivity index (χ4n) is 1.58. The molecule has 0 aliphatic carbocycles. The highest BCUT2D eigenvalue weighted by atomic mass is 32.1. The summed E-state index contributed by atoms with van der Waals surface area (Å²) in [5, 5.41) is 16.1. The van der Waals surface area contributed by atoms with E-state index in [1.54, 1.807) is 22.9 Å². The van der Waals surface area contributed by atoms with Gasteiger partial charge in [0, 0.05) is 10.3 Å². The molecular weight excluding hydrogens is 284 g/mol. The van der Waals surface area contributed by atoms with E-state index >= 15 is 0 Å². The number of thiophene rings is 1. The van der Waals surface area contributed by atoms with Crippen molar-refractivity contribution in [2.45, 2.75) is 19.4 Å². The molecular formula is C12H12N2O3S2. The zero-order chi connectivity index (χ0) is 13.8. The predicted molar refractivity (Wildman–Crippen MR) is 73.4 cm³/mol. The van der Waals surface area contributed by atoms with Gasteiger partial charge in [0.25, 0.3) is 0 Å². The van der Waals surface area contributed by atoms with Gasteiger partial charge in [-0.15, -0.1) is 22.7 Å². The molecule has 5 nitrogen and oxygen atoms in total. The minimum Gasteiger partial charge on any atom is -0.479 e. The quantitative estimate of drug-likeness (QED) is 0.884. The second kappa shape index (κ2) is 5.94. The van der Waals surface area contributed by atoms with E-state index in [4.69, 9.17) is 5.11 Å². The number of carbonyl (C=O) groups excluding carboxylic acids is 1. The van der Waals surface area contributed by atoms with Crippen LogP contribution in [0, 0.1) is 6.92 Å². The summed E-state index contributed by atoms with van der Waals surface area (Å²) >= 11 is 2.77. The number of carbonyl (C=O) groups is 2. The molecule has 0 radical (unpaired) electrons. The summed E-state index contributed by atoms with van der Waals surface area (Å²) in [6, 6.07) is 2.45. The van der Waals surface area contributed by atoms with Gasteiger partial charge in [0.05, 0.1) is 17.1 Å². The summed E-state index contributed by atoms with van der Waals surface area (Å²) < 4.78 is 0. The predicted octanol–water partition coefficient (Wildman–Crippen LogP) is 2.00. The molecule has 0 fully saturated rings. The maximum absolute atomic E-state index is 11.8. The molecule has 0 saturated heterocycles.